The molecule has 1 fully saturated rings. The maximum Gasteiger partial charge on any atom is 0.123 e. The third-order valence-electron chi connectivity index (χ3n) is 5.43. The molecule has 4 rings (SSSR count). The number of benzene rings is 3. The van der Waals surface area contributed by atoms with Gasteiger partial charge >= 0.3 is 0 Å². The van der Waals surface area contributed by atoms with Crippen LogP contribution in [0.1, 0.15) is 29.8 Å². The van der Waals surface area contributed by atoms with Crippen LogP contribution < -0.4 is 4.74 Å². The van der Waals surface area contributed by atoms with E-state index in [1.165, 1.54) is 23.3 Å². The molecular formula is C25H26BrFN2O. The fraction of sp³-hybridized carbons (Fsp3) is 0.280. The van der Waals surface area contributed by atoms with Gasteiger partial charge < -0.3 is 4.74 Å². The zero-order chi connectivity index (χ0) is 20.9. The molecule has 3 aromatic rings. The van der Waals surface area contributed by atoms with Gasteiger partial charge in [0.25, 0.3) is 0 Å². The molecule has 1 saturated heterocycles. The summed E-state index contributed by atoms with van der Waals surface area (Å²) in [5.41, 5.74) is 3.65. The van der Waals surface area contributed by atoms with Crippen LogP contribution in [-0.4, -0.2) is 29.5 Å². The highest BCUT2D eigenvalue weighted by molar-refractivity contribution is 9.10. The highest BCUT2D eigenvalue weighted by atomic mass is 79.9. The van der Waals surface area contributed by atoms with Crippen molar-refractivity contribution in [3.05, 3.63) is 99.8 Å². The van der Waals surface area contributed by atoms with Gasteiger partial charge in [0, 0.05) is 30.7 Å². The third kappa shape index (κ3) is 5.09. The summed E-state index contributed by atoms with van der Waals surface area (Å²) in [4.78, 5) is 4.96. The number of rotatable bonds is 7. The summed E-state index contributed by atoms with van der Waals surface area (Å²) in [6.45, 7) is 6.27. The van der Waals surface area contributed by atoms with Crippen LogP contribution in [0.4, 0.5) is 4.39 Å². The highest BCUT2D eigenvalue weighted by Gasteiger charge is 2.33. The molecule has 3 nitrogen and oxygen atoms in total. The zero-order valence-electron chi connectivity index (χ0n) is 17.1. The van der Waals surface area contributed by atoms with Gasteiger partial charge in [0.15, 0.2) is 0 Å². The third-order valence-corrected chi connectivity index (χ3v) is 5.93. The van der Waals surface area contributed by atoms with Gasteiger partial charge in [0.05, 0.1) is 12.8 Å². The van der Waals surface area contributed by atoms with Gasteiger partial charge in [-0.05, 0) is 60.0 Å². The molecule has 3 aromatic carbocycles. The number of halogens is 2. The van der Waals surface area contributed by atoms with Crippen molar-refractivity contribution in [2.75, 3.05) is 19.7 Å². The summed E-state index contributed by atoms with van der Waals surface area (Å²) in [6.07, 6.45) is 0.166. The van der Waals surface area contributed by atoms with E-state index in [0.29, 0.717) is 6.61 Å². The van der Waals surface area contributed by atoms with Gasteiger partial charge in [-0.25, -0.2) is 4.39 Å². The van der Waals surface area contributed by atoms with Crippen LogP contribution in [0.25, 0.3) is 0 Å². The first-order chi connectivity index (χ1) is 14.6. The van der Waals surface area contributed by atoms with Crippen LogP contribution >= 0.6 is 15.9 Å². The van der Waals surface area contributed by atoms with E-state index in [-0.39, 0.29) is 12.0 Å². The fourth-order valence-electron chi connectivity index (χ4n) is 4.07. The van der Waals surface area contributed by atoms with Crippen molar-refractivity contribution >= 4 is 15.9 Å². The lowest BCUT2D eigenvalue weighted by Gasteiger charge is -2.31. The first-order valence-corrected chi connectivity index (χ1v) is 11.1. The van der Waals surface area contributed by atoms with Gasteiger partial charge in [-0.3, -0.25) is 9.80 Å². The SMILES string of the molecule is CCOc1ccc(CN2CCN(Cc3ccc(F)cc3)C2c2cccc(Br)c2)cc1. The standard InChI is InChI=1S/C25H26BrFN2O/c1-2-30-24-12-8-20(9-13-24)18-29-15-14-28(17-19-6-10-23(27)11-7-19)25(29)21-4-3-5-22(26)16-21/h3-13,16,25H,2,14-15,17-18H2,1H3. The molecule has 0 spiro atoms. The van der Waals surface area contributed by atoms with Crippen LogP contribution in [0.3, 0.4) is 0 Å². The van der Waals surface area contributed by atoms with Crippen LogP contribution in [0, 0.1) is 5.82 Å². The minimum absolute atomic E-state index is 0.166. The number of hydrogen-bond donors (Lipinski definition) is 0. The Bertz CT molecular complexity index is 962. The number of nitrogens with zero attached hydrogens (tertiary/aromatic N) is 2. The average molecular weight is 469 g/mol. The summed E-state index contributed by atoms with van der Waals surface area (Å²) in [6, 6.07) is 23.7. The van der Waals surface area contributed by atoms with Crippen molar-refractivity contribution in [2.45, 2.75) is 26.2 Å². The Morgan fingerprint density at radius 3 is 2.07 bits per heavy atom. The van der Waals surface area contributed by atoms with Crippen LogP contribution in [0.2, 0.25) is 0 Å². The lowest BCUT2D eigenvalue weighted by Crippen LogP contribution is -2.30. The minimum Gasteiger partial charge on any atom is -0.494 e. The maximum absolute atomic E-state index is 13.3. The van der Waals surface area contributed by atoms with Crippen molar-refractivity contribution in [1.82, 2.24) is 9.80 Å². The molecule has 0 aliphatic carbocycles. The summed E-state index contributed by atoms with van der Waals surface area (Å²) in [7, 11) is 0. The molecule has 1 aliphatic heterocycles. The summed E-state index contributed by atoms with van der Waals surface area (Å²) in [5.74, 6) is 0.713. The van der Waals surface area contributed by atoms with Crippen LogP contribution in [-0.2, 0) is 13.1 Å². The minimum atomic E-state index is -0.194. The molecule has 0 radical (unpaired) electrons. The summed E-state index contributed by atoms with van der Waals surface area (Å²) in [5, 5.41) is 0. The molecule has 156 valence electrons. The molecular weight excluding hydrogens is 443 g/mol. The Morgan fingerprint density at radius 1 is 0.900 bits per heavy atom. The largest absolute Gasteiger partial charge is 0.494 e. The monoisotopic (exact) mass is 468 g/mol. The van der Waals surface area contributed by atoms with Gasteiger partial charge in [-0.2, -0.15) is 0 Å². The van der Waals surface area contributed by atoms with E-state index in [2.05, 4.69) is 62.1 Å². The maximum atomic E-state index is 13.3. The molecule has 1 aliphatic rings. The molecule has 1 atom stereocenters. The van der Waals surface area contributed by atoms with E-state index in [1.54, 1.807) is 0 Å². The molecule has 0 saturated carbocycles. The van der Waals surface area contributed by atoms with Crippen LogP contribution in [0.5, 0.6) is 5.75 Å². The molecule has 0 bridgehead atoms. The van der Waals surface area contributed by atoms with Crippen LogP contribution in [0.15, 0.2) is 77.3 Å². The van der Waals surface area contributed by atoms with E-state index in [4.69, 9.17) is 4.74 Å². The second kappa shape index (κ2) is 9.73. The summed E-state index contributed by atoms with van der Waals surface area (Å²) < 4.78 is 20.0. The van der Waals surface area contributed by atoms with Crippen molar-refractivity contribution in [2.24, 2.45) is 0 Å². The number of ether oxygens (including phenoxy) is 1. The van der Waals surface area contributed by atoms with Crippen molar-refractivity contribution in [3.63, 3.8) is 0 Å². The fourth-order valence-corrected chi connectivity index (χ4v) is 4.49. The van der Waals surface area contributed by atoms with E-state index in [1.807, 2.05) is 31.2 Å². The second-order valence-electron chi connectivity index (χ2n) is 7.57. The molecule has 0 aromatic heterocycles. The Kier molecular flexibility index (Phi) is 6.82. The van der Waals surface area contributed by atoms with Gasteiger partial charge in [-0.1, -0.05) is 52.3 Å². The lowest BCUT2D eigenvalue weighted by atomic mass is 10.1. The number of hydrogen-bond acceptors (Lipinski definition) is 3. The Morgan fingerprint density at radius 2 is 1.50 bits per heavy atom. The molecule has 30 heavy (non-hydrogen) atoms. The van der Waals surface area contributed by atoms with Gasteiger partial charge in [-0.15, -0.1) is 0 Å². The highest BCUT2D eigenvalue weighted by Crippen LogP contribution is 2.34. The Hall–Kier alpha value is -2.21. The quantitative estimate of drug-likeness (QED) is 0.422. The molecule has 5 heteroatoms. The molecule has 0 N–H and O–H groups in total. The average Bonchev–Trinajstić information content (AvgIpc) is 3.13. The van der Waals surface area contributed by atoms with Crippen molar-refractivity contribution in [1.29, 1.82) is 0 Å². The molecule has 1 unspecified atom stereocenters. The first-order valence-electron chi connectivity index (χ1n) is 10.3. The van der Waals surface area contributed by atoms with E-state index in [0.717, 1.165) is 42.0 Å². The van der Waals surface area contributed by atoms with Crippen molar-refractivity contribution in [3.8, 4) is 5.75 Å². The summed E-state index contributed by atoms with van der Waals surface area (Å²) >= 11 is 3.62. The van der Waals surface area contributed by atoms with Gasteiger partial charge in [0.2, 0.25) is 0 Å². The second-order valence-corrected chi connectivity index (χ2v) is 8.49. The zero-order valence-corrected chi connectivity index (χ0v) is 18.7. The van der Waals surface area contributed by atoms with E-state index < -0.39 is 0 Å². The van der Waals surface area contributed by atoms with E-state index in [9.17, 15) is 4.39 Å². The predicted molar refractivity (Wildman–Crippen MR) is 122 cm³/mol. The molecule has 1 heterocycles. The van der Waals surface area contributed by atoms with E-state index >= 15 is 0 Å². The Balaban J connectivity index is 1.56. The topological polar surface area (TPSA) is 15.7 Å². The first kappa shape index (κ1) is 21.0. The normalized spacial score (nSPS) is 17.4. The predicted octanol–water partition coefficient (Wildman–Crippen LogP) is 6.00. The smallest absolute Gasteiger partial charge is 0.123 e. The van der Waals surface area contributed by atoms with Crippen molar-refractivity contribution < 1.29 is 9.13 Å². The Labute approximate surface area is 186 Å². The molecule has 0 amide bonds. The lowest BCUT2D eigenvalue weighted by molar-refractivity contribution is 0.125. The van der Waals surface area contributed by atoms with Gasteiger partial charge in [0.1, 0.15) is 11.6 Å².